The molecule has 0 aliphatic heterocycles. The molecule has 1 aromatic rings. The molecule has 0 saturated carbocycles. The summed E-state index contributed by atoms with van der Waals surface area (Å²) >= 11 is 5.51. The van der Waals surface area contributed by atoms with Gasteiger partial charge in [0.25, 0.3) is 0 Å². The zero-order valence-electron chi connectivity index (χ0n) is 12.0. The van der Waals surface area contributed by atoms with E-state index >= 15 is 0 Å². The van der Waals surface area contributed by atoms with Crippen LogP contribution in [-0.2, 0) is 11.3 Å². The van der Waals surface area contributed by atoms with Gasteiger partial charge in [-0.05, 0) is 29.7 Å². The van der Waals surface area contributed by atoms with E-state index in [1.165, 1.54) is 22.6 Å². The molecule has 1 atom stereocenters. The summed E-state index contributed by atoms with van der Waals surface area (Å²) in [7, 11) is 1.73. The topological polar surface area (TPSA) is 21.3 Å². The van der Waals surface area contributed by atoms with E-state index in [1.54, 1.807) is 7.11 Å². The van der Waals surface area contributed by atoms with Crippen molar-refractivity contribution in [1.82, 2.24) is 5.32 Å². The Morgan fingerprint density at radius 3 is 2.89 bits per heavy atom. The van der Waals surface area contributed by atoms with Crippen LogP contribution in [0, 0.1) is 5.92 Å². The van der Waals surface area contributed by atoms with E-state index in [2.05, 4.69) is 53.3 Å². The van der Waals surface area contributed by atoms with Gasteiger partial charge < -0.3 is 10.1 Å². The number of nitrogens with one attached hydrogen (secondary N) is 1. The van der Waals surface area contributed by atoms with E-state index in [1.807, 2.05) is 11.8 Å². The summed E-state index contributed by atoms with van der Waals surface area (Å²) in [5, 5.41) is 3.41. The minimum atomic E-state index is 0.753. The monoisotopic (exact) mass is 345 g/mol. The molecule has 0 saturated heterocycles. The molecule has 1 aromatic carbocycles. The van der Waals surface area contributed by atoms with Crippen LogP contribution < -0.4 is 5.32 Å². The molecule has 4 heteroatoms. The largest absolute Gasteiger partial charge is 0.383 e. The van der Waals surface area contributed by atoms with Crippen molar-refractivity contribution in [2.24, 2.45) is 5.92 Å². The Labute approximate surface area is 129 Å². The van der Waals surface area contributed by atoms with E-state index in [9.17, 15) is 0 Å². The standard InChI is InChI=1S/C15H24BrNOS/c1-4-12(2)11-19-15-6-5-14(16)9-13(15)10-17-7-8-18-3/h5-6,9,12,17H,4,7-8,10-11H2,1-3H3. The molecule has 1 unspecified atom stereocenters. The molecular weight excluding hydrogens is 322 g/mol. The van der Waals surface area contributed by atoms with Gasteiger partial charge in [0.15, 0.2) is 0 Å². The van der Waals surface area contributed by atoms with Gasteiger partial charge in [0, 0.05) is 35.3 Å². The number of halogens is 1. The highest BCUT2D eigenvalue weighted by Gasteiger charge is 2.06. The maximum atomic E-state index is 5.05. The van der Waals surface area contributed by atoms with E-state index in [4.69, 9.17) is 4.74 Å². The number of thioether (sulfide) groups is 1. The normalized spacial score (nSPS) is 12.6. The number of methoxy groups -OCH3 is 1. The highest BCUT2D eigenvalue weighted by Crippen LogP contribution is 2.28. The molecule has 108 valence electrons. The summed E-state index contributed by atoms with van der Waals surface area (Å²) in [5.74, 6) is 1.95. The molecule has 1 rings (SSSR count). The SMILES string of the molecule is CCC(C)CSc1ccc(Br)cc1CNCCOC. The summed E-state index contributed by atoms with van der Waals surface area (Å²) in [6.45, 7) is 7.09. The highest BCUT2D eigenvalue weighted by atomic mass is 79.9. The van der Waals surface area contributed by atoms with Crippen LogP contribution in [0.1, 0.15) is 25.8 Å². The Kier molecular flexibility index (Phi) is 8.79. The fourth-order valence-corrected chi connectivity index (χ4v) is 3.16. The molecule has 2 nitrogen and oxygen atoms in total. The summed E-state index contributed by atoms with van der Waals surface area (Å²) < 4.78 is 6.19. The summed E-state index contributed by atoms with van der Waals surface area (Å²) in [5.41, 5.74) is 1.36. The molecule has 0 radical (unpaired) electrons. The highest BCUT2D eigenvalue weighted by molar-refractivity contribution is 9.10. The number of hydrogen-bond donors (Lipinski definition) is 1. The third kappa shape index (κ3) is 6.80. The smallest absolute Gasteiger partial charge is 0.0587 e. The predicted molar refractivity (Wildman–Crippen MR) is 87.9 cm³/mol. The van der Waals surface area contributed by atoms with Crippen molar-refractivity contribution in [3.8, 4) is 0 Å². The zero-order chi connectivity index (χ0) is 14.1. The lowest BCUT2D eigenvalue weighted by Crippen LogP contribution is -2.19. The van der Waals surface area contributed by atoms with Crippen LogP contribution in [0.3, 0.4) is 0 Å². The molecular formula is C15H24BrNOS. The third-order valence-electron chi connectivity index (χ3n) is 3.04. The van der Waals surface area contributed by atoms with Crippen molar-refractivity contribution < 1.29 is 4.74 Å². The molecule has 0 aromatic heterocycles. The second-order valence-corrected chi connectivity index (χ2v) is 6.72. The van der Waals surface area contributed by atoms with Crippen molar-refractivity contribution in [3.63, 3.8) is 0 Å². The first-order chi connectivity index (χ1) is 9.17. The molecule has 0 aliphatic rings. The van der Waals surface area contributed by atoms with E-state index in [-0.39, 0.29) is 0 Å². The third-order valence-corrected chi connectivity index (χ3v) is 4.98. The number of ether oxygens (including phenoxy) is 1. The maximum Gasteiger partial charge on any atom is 0.0587 e. The zero-order valence-corrected chi connectivity index (χ0v) is 14.4. The van der Waals surface area contributed by atoms with Gasteiger partial charge in [0.1, 0.15) is 0 Å². The molecule has 19 heavy (non-hydrogen) atoms. The lowest BCUT2D eigenvalue weighted by atomic mass is 10.2. The van der Waals surface area contributed by atoms with Gasteiger partial charge in [-0.3, -0.25) is 0 Å². The van der Waals surface area contributed by atoms with Crippen LogP contribution >= 0.6 is 27.7 Å². The second-order valence-electron chi connectivity index (χ2n) is 4.75. The van der Waals surface area contributed by atoms with Crippen LogP contribution in [-0.4, -0.2) is 26.0 Å². The lowest BCUT2D eigenvalue weighted by molar-refractivity contribution is 0.199. The Morgan fingerprint density at radius 1 is 1.42 bits per heavy atom. The van der Waals surface area contributed by atoms with Crippen molar-refractivity contribution in [2.45, 2.75) is 31.7 Å². The van der Waals surface area contributed by atoms with Crippen LogP contribution in [0.25, 0.3) is 0 Å². The fourth-order valence-electron chi connectivity index (χ4n) is 1.57. The summed E-state index contributed by atoms with van der Waals surface area (Å²) in [6, 6.07) is 6.54. The summed E-state index contributed by atoms with van der Waals surface area (Å²) in [4.78, 5) is 1.38. The molecule has 0 heterocycles. The van der Waals surface area contributed by atoms with E-state index < -0.39 is 0 Å². The maximum absolute atomic E-state index is 5.05. The molecule has 0 bridgehead atoms. The van der Waals surface area contributed by atoms with Gasteiger partial charge >= 0.3 is 0 Å². The van der Waals surface area contributed by atoms with E-state index in [0.717, 1.165) is 30.1 Å². The number of rotatable bonds is 9. The van der Waals surface area contributed by atoms with Gasteiger partial charge in [0.2, 0.25) is 0 Å². The number of benzene rings is 1. The average molecular weight is 346 g/mol. The summed E-state index contributed by atoms with van der Waals surface area (Å²) in [6.07, 6.45) is 1.24. The molecule has 0 fully saturated rings. The van der Waals surface area contributed by atoms with Crippen molar-refractivity contribution in [2.75, 3.05) is 26.0 Å². The van der Waals surface area contributed by atoms with Crippen LogP contribution in [0.4, 0.5) is 0 Å². The van der Waals surface area contributed by atoms with Gasteiger partial charge in [-0.15, -0.1) is 11.8 Å². The fraction of sp³-hybridized carbons (Fsp3) is 0.600. The van der Waals surface area contributed by atoms with Crippen molar-refractivity contribution in [3.05, 3.63) is 28.2 Å². The molecule has 1 N–H and O–H groups in total. The van der Waals surface area contributed by atoms with Gasteiger partial charge in [-0.25, -0.2) is 0 Å². The van der Waals surface area contributed by atoms with Gasteiger partial charge in [0.05, 0.1) is 6.61 Å². The van der Waals surface area contributed by atoms with Gasteiger partial charge in [-0.1, -0.05) is 36.2 Å². The second kappa shape index (κ2) is 9.81. The van der Waals surface area contributed by atoms with Crippen LogP contribution in [0.2, 0.25) is 0 Å². The molecule has 0 amide bonds. The van der Waals surface area contributed by atoms with Gasteiger partial charge in [-0.2, -0.15) is 0 Å². The number of hydrogen-bond acceptors (Lipinski definition) is 3. The average Bonchev–Trinajstić information content (AvgIpc) is 2.42. The lowest BCUT2D eigenvalue weighted by Gasteiger charge is -2.13. The Bertz CT molecular complexity index is 373. The molecule has 0 spiro atoms. The van der Waals surface area contributed by atoms with E-state index in [0.29, 0.717) is 0 Å². The van der Waals surface area contributed by atoms with Crippen molar-refractivity contribution >= 4 is 27.7 Å². The minimum absolute atomic E-state index is 0.753. The quantitative estimate of drug-likeness (QED) is 0.531. The Hall–Kier alpha value is -0.0300. The first-order valence-corrected chi connectivity index (χ1v) is 8.56. The Morgan fingerprint density at radius 2 is 2.21 bits per heavy atom. The van der Waals surface area contributed by atoms with Crippen LogP contribution in [0.5, 0.6) is 0 Å². The predicted octanol–water partition coefficient (Wildman–Crippen LogP) is 4.32. The first-order valence-electron chi connectivity index (χ1n) is 6.78. The molecule has 0 aliphatic carbocycles. The van der Waals surface area contributed by atoms with Crippen molar-refractivity contribution in [1.29, 1.82) is 0 Å². The van der Waals surface area contributed by atoms with Crippen LogP contribution in [0.15, 0.2) is 27.6 Å². The Balaban J connectivity index is 2.58. The first kappa shape index (κ1) is 17.0. The minimum Gasteiger partial charge on any atom is -0.383 e.